The van der Waals surface area contributed by atoms with Crippen LogP contribution in [-0.4, -0.2) is 44.8 Å². The average Bonchev–Trinajstić information content (AvgIpc) is 2.85. The second-order valence-corrected chi connectivity index (χ2v) is 10.8. The zero-order chi connectivity index (χ0) is 25.7. The number of morpholine rings is 1. The van der Waals surface area contributed by atoms with Gasteiger partial charge in [-0.25, -0.2) is 8.42 Å². The van der Waals surface area contributed by atoms with Crippen LogP contribution in [0.1, 0.15) is 86.1 Å². The van der Waals surface area contributed by atoms with Crippen molar-refractivity contribution >= 4 is 15.8 Å². The number of rotatable bonds is 6. The summed E-state index contributed by atoms with van der Waals surface area (Å²) in [6, 6.07) is 7.44. The molecule has 1 aliphatic carbocycles. The van der Waals surface area contributed by atoms with Gasteiger partial charge in [0.05, 0.1) is 18.1 Å². The molecule has 1 saturated heterocycles. The van der Waals surface area contributed by atoms with Crippen molar-refractivity contribution in [1.82, 2.24) is 4.31 Å². The number of sulfonamides is 1. The summed E-state index contributed by atoms with van der Waals surface area (Å²) in [7, 11) is -3.42. The Hall–Kier alpha value is -1.76. The molecule has 2 aliphatic rings. The van der Waals surface area contributed by atoms with E-state index in [2.05, 4.69) is 20.8 Å². The summed E-state index contributed by atoms with van der Waals surface area (Å²) in [5.41, 5.74) is 6.99. The van der Waals surface area contributed by atoms with Crippen LogP contribution in [-0.2, 0) is 26.0 Å². The number of ketones is 1. The van der Waals surface area contributed by atoms with E-state index in [4.69, 9.17) is 4.74 Å². The number of nitrogens with zero attached hydrogens (tertiary/aromatic N) is 1. The maximum atomic E-state index is 12.8. The molecular formula is C28H45NO4S. The molecule has 34 heavy (non-hydrogen) atoms. The van der Waals surface area contributed by atoms with Crippen LogP contribution in [0.4, 0.5) is 0 Å². The molecule has 1 fully saturated rings. The summed E-state index contributed by atoms with van der Waals surface area (Å²) in [5, 5.41) is 0. The van der Waals surface area contributed by atoms with Crippen molar-refractivity contribution in [3.05, 3.63) is 52.1 Å². The van der Waals surface area contributed by atoms with Gasteiger partial charge in [0.1, 0.15) is 5.78 Å². The molecule has 1 heterocycles. The number of ether oxygens (including phenoxy) is 1. The van der Waals surface area contributed by atoms with E-state index < -0.39 is 10.0 Å². The predicted octanol–water partition coefficient (Wildman–Crippen LogP) is 6.49. The van der Waals surface area contributed by atoms with Crippen molar-refractivity contribution in [2.75, 3.05) is 26.3 Å². The Balaban J connectivity index is 0.000000733. The van der Waals surface area contributed by atoms with Gasteiger partial charge < -0.3 is 9.53 Å². The van der Waals surface area contributed by atoms with Crippen molar-refractivity contribution in [3.8, 4) is 0 Å². The Kier molecular flexibility index (Phi) is 13.6. The molecule has 192 valence electrons. The third-order valence-corrected chi connectivity index (χ3v) is 8.03. The molecule has 0 aromatic heterocycles. The number of hydrogen-bond acceptors (Lipinski definition) is 4. The zero-order valence-electron chi connectivity index (χ0n) is 22.4. The summed E-state index contributed by atoms with van der Waals surface area (Å²) >= 11 is 0. The zero-order valence-corrected chi connectivity index (χ0v) is 23.2. The second kappa shape index (κ2) is 15.3. The van der Waals surface area contributed by atoms with Gasteiger partial charge in [0.15, 0.2) is 0 Å². The normalized spacial score (nSPS) is 16.6. The first kappa shape index (κ1) is 30.3. The quantitative estimate of drug-likeness (QED) is 0.456. The third kappa shape index (κ3) is 9.12. The first-order valence-electron chi connectivity index (χ1n) is 12.7. The summed E-state index contributed by atoms with van der Waals surface area (Å²) in [6.45, 7) is 15.9. The van der Waals surface area contributed by atoms with E-state index in [-0.39, 0.29) is 5.78 Å². The molecule has 0 unspecified atom stereocenters. The van der Waals surface area contributed by atoms with Crippen LogP contribution in [0.15, 0.2) is 51.5 Å². The van der Waals surface area contributed by atoms with Crippen molar-refractivity contribution < 1.29 is 17.9 Å². The average molecular weight is 492 g/mol. The second-order valence-electron chi connectivity index (χ2n) is 8.84. The summed E-state index contributed by atoms with van der Waals surface area (Å²) < 4.78 is 32.3. The Labute approximate surface area is 208 Å². The van der Waals surface area contributed by atoms with Crippen LogP contribution >= 0.6 is 0 Å². The minimum atomic E-state index is -3.42. The van der Waals surface area contributed by atoms with E-state index in [0.29, 0.717) is 37.6 Å². The topological polar surface area (TPSA) is 63.7 Å². The highest BCUT2D eigenvalue weighted by atomic mass is 32.2. The molecule has 0 N–H and O–H groups in total. The minimum Gasteiger partial charge on any atom is -0.379 e. The van der Waals surface area contributed by atoms with Crippen LogP contribution < -0.4 is 0 Å². The fourth-order valence-electron chi connectivity index (χ4n) is 3.97. The highest BCUT2D eigenvalue weighted by Gasteiger charge is 2.26. The maximum absolute atomic E-state index is 12.8. The molecule has 1 aromatic rings. The summed E-state index contributed by atoms with van der Waals surface area (Å²) in [6.07, 6.45) is 6.45. The molecule has 0 atom stereocenters. The fraction of sp³-hybridized carbons (Fsp3) is 0.607. The van der Waals surface area contributed by atoms with Crippen LogP contribution in [0, 0.1) is 0 Å². The van der Waals surface area contributed by atoms with Gasteiger partial charge in [0, 0.05) is 19.5 Å². The summed E-state index contributed by atoms with van der Waals surface area (Å²) in [5.74, 6) is 0.255. The highest BCUT2D eigenvalue weighted by Crippen LogP contribution is 2.33. The molecule has 0 amide bonds. The Morgan fingerprint density at radius 3 is 1.97 bits per heavy atom. The molecule has 1 aliphatic heterocycles. The first-order chi connectivity index (χ1) is 16.2. The fourth-order valence-corrected chi connectivity index (χ4v) is 5.38. The lowest BCUT2D eigenvalue weighted by atomic mass is 9.84. The number of benzene rings is 1. The SMILES string of the molecule is CC.CC(C)=C(Cc1ccc(S(=O)(=O)N2CCOCC2)cc1)C1=C(C)CCCC1.CCC(C)=O. The monoisotopic (exact) mass is 491 g/mol. The molecule has 1 aromatic carbocycles. The number of Topliss-reactive ketones (excluding diaryl/α,β-unsaturated/α-hetero) is 1. The van der Waals surface area contributed by atoms with Crippen LogP contribution in [0.2, 0.25) is 0 Å². The molecule has 0 saturated carbocycles. The molecule has 0 bridgehead atoms. The smallest absolute Gasteiger partial charge is 0.243 e. The van der Waals surface area contributed by atoms with Crippen molar-refractivity contribution in [3.63, 3.8) is 0 Å². The van der Waals surface area contributed by atoms with Gasteiger partial charge in [-0.05, 0) is 88.6 Å². The van der Waals surface area contributed by atoms with Crippen molar-refractivity contribution in [2.45, 2.75) is 91.9 Å². The Bertz CT molecular complexity index is 933. The van der Waals surface area contributed by atoms with Gasteiger partial charge >= 0.3 is 0 Å². The van der Waals surface area contributed by atoms with Crippen molar-refractivity contribution in [1.29, 1.82) is 0 Å². The standard InChI is InChI=1S/C22H31NO3S.C4H8O.C2H6/c1-17(2)22(21-7-5-4-6-18(21)3)16-19-8-10-20(11-9-19)27(24,25)23-12-14-26-15-13-23;1-3-4(2)5;1-2/h8-11H,4-7,12-16H2,1-3H3;3H2,1-2H3;1-2H3. The van der Waals surface area contributed by atoms with Gasteiger partial charge in [-0.2, -0.15) is 4.31 Å². The summed E-state index contributed by atoms with van der Waals surface area (Å²) in [4.78, 5) is 10.2. The van der Waals surface area contributed by atoms with E-state index in [0.717, 1.165) is 18.4 Å². The van der Waals surface area contributed by atoms with Crippen LogP contribution in [0.25, 0.3) is 0 Å². The molecular weight excluding hydrogens is 446 g/mol. The van der Waals surface area contributed by atoms with Gasteiger partial charge in [-0.3, -0.25) is 0 Å². The molecule has 6 heteroatoms. The molecule has 0 radical (unpaired) electrons. The number of carbonyl (C=O) groups is 1. The minimum absolute atomic E-state index is 0.255. The van der Waals surface area contributed by atoms with Crippen LogP contribution in [0.3, 0.4) is 0 Å². The lowest BCUT2D eigenvalue weighted by Crippen LogP contribution is -2.40. The van der Waals surface area contributed by atoms with E-state index >= 15 is 0 Å². The lowest BCUT2D eigenvalue weighted by Gasteiger charge is -2.26. The third-order valence-electron chi connectivity index (χ3n) is 6.12. The highest BCUT2D eigenvalue weighted by molar-refractivity contribution is 7.89. The van der Waals surface area contributed by atoms with Gasteiger partial charge in [0.2, 0.25) is 10.0 Å². The van der Waals surface area contributed by atoms with E-state index in [1.54, 1.807) is 19.1 Å². The van der Waals surface area contributed by atoms with Crippen molar-refractivity contribution in [2.24, 2.45) is 0 Å². The molecule has 0 spiro atoms. The largest absolute Gasteiger partial charge is 0.379 e. The first-order valence-corrected chi connectivity index (χ1v) is 14.1. The lowest BCUT2D eigenvalue weighted by molar-refractivity contribution is -0.116. The van der Waals surface area contributed by atoms with Crippen LogP contribution in [0.5, 0.6) is 0 Å². The number of allylic oxidation sites excluding steroid dienone is 4. The Morgan fingerprint density at radius 2 is 1.50 bits per heavy atom. The number of hydrogen-bond donors (Lipinski definition) is 0. The van der Waals surface area contributed by atoms with Gasteiger partial charge in [-0.15, -0.1) is 0 Å². The maximum Gasteiger partial charge on any atom is 0.243 e. The van der Waals surface area contributed by atoms with Gasteiger partial charge in [-0.1, -0.05) is 44.1 Å². The predicted molar refractivity (Wildman–Crippen MR) is 142 cm³/mol. The Morgan fingerprint density at radius 1 is 0.971 bits per heavy atom. The molecule has 5 nitrogen and oxygen atoms in total. The van der Waals surface area contributed by atoms with E-state index in [1.165, 1.54) is 45.9 Å². The van der Waals surface area contributed by atoms with E-state index in [1.807, 2.05) is 32.9 Å². The molecule has 3 rings (SSSR count). The van der Waals surface area contributed by atoms with E-state index in [9.17, 15) is 13.2 Å². The van der Waals surface area contributed by atoms with Gasteiger partial charge in [0.25, 0.3) is 0 Å². The number of carbonyl (C=O) groups excluding carboxylic acids is 1.